The molecule has 0 aliphatic rings. The number of hydrogen-bond acceptors (Lipinski definition) is 4. The van der Waals surface area contributed by atoms with Crippen LogP contribution in [0, 0.1) is 0 Å². The number of nitrogens with zero attached hydrogens (tertiary/aromatic N) is 1. The van der Waals surface area contributed by atoms with Crippen LogP contribution in [0.2, 0.25) is 0 Å². The van der Waals surface area contributed by atoms with Gasteiger partial charge in [-0.3, -0.25) is 0 Å². The molecular formula is C12H20N2O2. The number of likely N-dealkylation sites (N-methyl/N-ethyl adjacent to an activating group) is 1. The highest BCUT2D eigenvalue weighted by Gasteiger charge is 2.05. The van der Waals surface area contributed by atoms with Crippen LogP contribution in [-0.2, 0) is 0 Å². The quantitative estimate of drug-likeness (QED) is 0.797. The molecule has 0 aliphatic carbocycles. The zero-order valence-corrected chi connectivity index (χ0v) is 10.4. The minimum atomic E-state index is 0.649. The van der Waals surface area contributed by atoms with Crippen LogP contribution in [-0.4, -0.2) is 46.3 Å². The van der Waals surface area contributed by atoms with Gasteiger partial charge in [0, 0.05) is 25.3 Å². The Kier molecular flexibility index (Phi) is 4.92. The van der Waals surface area contributed by atoms with Gasteiger partial charge in [0.05, 0.1) is 7.11 Å². The summed E-state index contributed by atoms with van der Waals surface area (Å²) in [6.45, 7) is 1.53. The molecule has 4 heteroatoms. The van der Waals surface area contributed by atoms with Crippen molar-refractivity contribution in [3.8, 4) is 11.5 Å². The van der Waals surface area contributed by atoms with Crippen LogP contribution in [0.4, 0.5) is 5.69 Å². The summed E-state index contributed by atoms with van der Waals surface area (Å²) in [6, 6.07) is 5.79. The number of methoxy groups -OCH3 is 1. The number of benzene rings is 1. The second kappa shape index (κ2) is 6.23. The SMILES string of the molecule is CNc1ccc(OC)c(OCCN(C)C)c1. The monoisotopic (exact) mass is 224 g/mol. The maximum atomic E-state index is 5.67. The first-order valence-corrected chi connectivity index (χ1v) is 5.30. The zero-order chi connectivity index (χ0) is 12.0. The summed E-state index contributed by atoms with van der Waals surface area (Å²) >= 11 is 0. The molecule has 0 saturated heterocycles. The van der Waals surface area contributed by atoms with E-state index in [0.29, 0.717) is 6.61 Å². The van der Waals surface area contributed by atoms with Crippen LogP contribution < -0.4 is 14.8 Å². The summed E-state index contributed by atoms with van der Waals surface area (Å²) in [6.07, 6.45) is 0. The lowest BCUT2D eigenvalue weighted by Crippen LogP contribution is -2.19. The van der Waals surface area contributed by atoms with Crippen LogP contribution in [0.25, 0.3) is 0 Å². The highest BCUT2D eigenvalue weighted by molar-refractivity contribution is 5.54. The first-order chi connectivity index (χ1) is 7.67. The first-order valence-electron chi connectivity index (χ1n) is 5.30. The van der Waals surface area contributed by atoms with E-state index in [9.17, 15) is 0 Å². The predicted octanol–water partition coefficient (Wildman–Crippen LogP) is 1.68. The minimum absolute atomic E-state index is 0.649. The lowest BCUT2D eigenvalue weighted by Gasteiger charge is -2.14. The molecule has 0 radical (unpaired) electrons. The van der Waals surface area contributed by atoms with Crippen molar-refractivity contribution < 1.29 is 9.47 Å². The summed E-state index contributed by atoms with van der Waals surface area (Å²) in [7, 11) is 7.56. The van der Waals surface area contributed by atoms with Gasteiger partial charge in [-0.25, -0.2) is 0 Å². The van der Waals surface area contributed by atoms with Crippen molar-refractivity contribution in [3.63, 3.8) is 0 Å². The van der Waals surface area contributed by atoms with Crippen molar-refractivity contribution in [2.24, 2.45) is 0 Å². The van der Waals surface area contributed by atoms with Crippen molar-refractivity contribution in [1.82, 2.24) is 4.90 Å². The number of anilines is 1. The van der Waals surface area contributed by atoms with Crippen LogP contribution in [0.5, 0.6) is 11.5 Å². The Bertz CT molecular complexity index is 327. The van der Waals surface area contributed by atoms with Crippen molar-refractivity contribution >= 4 is 5.69 Å². The number of ether oxygens (including phenoxy) is 2. The van der Waals surface area contributed by atoms with Gasteiger partial charge >= 0.3 is 0 Å². The topological polar surface area (TPSA) is 33.7 Å². The molecule has 0 fully saturated rings. The Morgan fingerprint density at radius 3 is 2.56 bits per heavy atom. The molecule has 0 unspecified atom stereocenters. The Morgan fingerprint density at radius 2 is 2.00 bits per heavy atom. The predicted molar refractivity (Wildman–Crippen MR) is 66.6 cm³/mol. The van der Waals surface area contributed by atoms with E-state index < -0.39 is 0 Å². The summed E-state index contributed by atoms with van der Waals surface area (Å²) in [4.78, 5) is 2.08. The van der Waals surface area contributed by atoms with E-state index >= 15 is 0 Å². The van der Waals surface area contributed by atoms with Gasteiger partial charge in [-0.05, 0) is 26.2 Å². The molecule has 1 aromatic rings. The fourth-order valence-electron chi connectivity index (χ4n) is 1.28. The molecular weight excluding hydrogens is 204 g/mol. The van der Waals surface area contributed by atoms with Gasteiger partial charge < -0.3 is 19.7 Å². The molecule has 0 amide bonds. The Labute approximate surface area is 97.2 Å². The number of nitrogens with one attached hydrogen (secondary N) is 1. The minimum Gasteiger partial charge on any atom is -0.493 e. The summed E-state index contributed by atoms with van der Waals surface area (Å²) in [5.41, 5.74) is 1.01. The zero-order valence-electron chi connectivity index (χ0n) is 10.4. The standard InChI is InChI=1S/C12H20N2O2/c1-13-10-5-6-11(15-4)12(9-10)16-8-7-14(2)3/h5-6,9,13H,7-8H2,1-4H3. The second-order valence-corrected chi connectivity index (χ2v) is 3.77. The van der Waals surface area contributed by atoms with Gasteiger partial charge in [-0.2, -0.15) is 0 Å². The average Bonchev–Trinajstić information content (AvgIpc) is 2.28. The lowest BCUT2D eigenvalue weighted by molar-refractivity contribution is 0.251. The van der Waals surface area contributed by atoms with Crippen molar-refractivity contribution in [1.29, 1.82) is 0 Å². The van der Waals surface area contributed by atoms with Gasteiger partial charge in [0.25, 0.3) is 0 Å². The van der Waals surface area contributed by atoms with E-state index in [1.54, 1.807) is 7.11 Å². The molecule has 1 aromatic carbocycles. The van der Waals surface area contributed by atoms with Crippen molar-refractivity contribution in [2.45, 2.75) is 0 Å². The van der Waals surface area contributed by atoms with E-state index in [1.165, 1.54) is 0 Å². The van der Waals surface area contributed by atoms with Crippen LogP contribution in [0.15, 0.2) is 18.2 Å². The highest BCUT2D eigenvalue weighted by Crippen LogP contribution is 2.29. The van der Waals surface area contributed by atoms with Crippen molar-refractivity contribution in [2.75, 3.05) is 46.7 Å². The normalized spacial score (nSPS) is 10.3. The molecule has 0 aliphatic heterocycles. The smallest absolute Gasteiger partial charge is 0.163 e. The highest BCUT2D eigenvalue weighted by atomic mass is 16.5. The molecule has 90 valence electrons. The van der Waals surface area contributed by atoms with Crippen LogP contribution >= 0.6 is 0 Å². The van der Waals surface area contributed by atoms with E-state index in [1.807, 2.05) is 39.3 Å². The fraction of sp³-hybridized carbons (Fsp3) is 0.500. The second-order valence-electron chi connectivity index (χ2n) is 3.77. The van der Waals surface area contributed by atoms with Gasteiger partial charge in [-0.1, -0.05) is 0 Å². The van der Waals surface area contributed by atoms with E-state index in [0.717, 1.165) is 23.7 Å². The molecule has 4 nitrogen and oxygen atoms in total. The van der Waals surface area contributed by atoms with Crippen LogP contribution in [0.3, 0.4) is 0 Å². The van der Waals surface area contributed by atoms with Crippen molar-refractivity contribution in [3.05, 3.63) is 18.2 Å². The van der Waals surface area contributed by atoms with Gasteiger partial charge in [-0.15, -0.1) is 0 Å². The molecule has 16 heavy (non-hydrogen) atoms. The number of rotatable bonds is 6. The summed E-state index contributed by atoms with van der Waals surface area (Å²) in [5, 5.41) is 3.07. The average molecular weight is 224 g/mol. The van der Waals surface area contributed by atoms with E-state index in [2.05, 4.69) is 10.2 Å². The van der Waals surface area contributed by atoms with Gasteiger partial charge in [0.15, 0.2) is 11.5 Å². The molecule has 1 rings (SSSR count). The van der Waals surface area contributed by atoms with E-state index in [4.69, 9.17) is 9.47 Å². The third-order valence-corrected chi connectivity index (χ3v) is 2.25. The Morgan fingerprint density at radius 1 is 1.25 bits per heavy atom. The molecule has 0 aromatic heterocycles. The Hall–Kier alpha value is -1.42. The largest absolute Gasteiger partial charge is 0.493 e. The summed E-state index contributed by atoms with van der Waals surface area (Å²) < 4.78 is 10.9. The fourth-order valence-corrected chi connectivity index (χ4v) is 1.28. The number of hydrogen-bond donors (Lipinski definition) is 1. The summed E-state index contributed by atoms with van der Waals surface area (Å²) in [5.74, 6) is 1.54. The maximum absolute atomic E-state index is 5.67. The third kappa shape index (κ3) is 3.62. The molecule has 1 N–H and O–H groups in total. The van der Waals surface area contributed by atoms with Gasteiger partial charge in [0.1, 0.15) is 6.61 Å². The van der Waals surface area contributed by atoms with E-state index in [-0.39, 0.29) is 0 Å². The molecule has 0 saturated carbocycles. The van der Waals surface area contributed by atoms with Crippen LogP contribution in [0.1, 0.15) is 0 Å². The molecule has 0 heterocycles. The first kappa shape index (κ1) is 12.6. The molecule has 0 spiro atoms. The van der Waals surface area contributed by atoms with Gasteiger partial charge in [0.2, 0.25) is 0 Å². The molecule has 0 atom stereocenters. The third-order valence-electron chi connectivity index (χ3n) is 2.25. The lowest BCUT2D eigenvalue weighted by atomic mass is 10.3. The maximum Gasteiger partial charge on any atom is 0.163 e. The Balaban J connectivity index is 2.67. The molecule has 0 bridgehead atoms.